The summed E-state index contributed by atoms with van der Waals surface area (Å²) in [6, 6.07) is 15.3. The van der Waals surface area contributed by atoms with Crippen LogP contribution in [0.25, 0.3) is 0 Å². The molecular formula is C25H30N4O3. The lowest BCUT2D eigenvalue weighted by atomic mass is 10.1. The van der Waals surface area contributed by atoms with E-state index in [9.17, 15) is 14.4 Å². The molecular weight excluding hydrogens is 404 g/mol. The van der Waals surface area contributed by atoms with Gasteiger partial charge < -0.3 is 20.0 Å². The second-order valence-electron chi connectivity index (χ2n) is 8.48. The van der Waals surface area contributed by atoms with Gasteiger partial charge in [-0.25, -0.2) is 4.79 Å². The van der Waals surface area contributed by atoms with Crippen LogP contribution in [0.4, 0.5) is 10.5 Å². The summed E-state index contributed by atoms with van der Waals surface area (Å²) in [4.78, 5) is 43.0. The summed E-state index contributed by atoms with van der Waals surface area (Å²) in [7, 11) is 0. The van der Waals surface area contributed by atoms with E-state index in [2.05, 4.69) is 5.32 Å². The number of hydrogen-bond acceptors (Lipinski definition) is 3. The van der Waals surface area contributed by atoms with E-state index in [-0.39, 0.29) is 17.8 Å². The molecule has 0 aromatic heterocycles. The zero-order valence-corrected chi connectivity index (χ0v) is 18.5. The summed E-state index contributed by atoms with van der Waals surface area (Å²) < 4.78 is 0. The fourth-order valence-corrected chi connectivity index (χ4v) is 4.33. The highest BCUT2D eigenvalue weighted by atomic mass is 16.2. The van der Waals surface area contributed by atoms with Gasteiger partial charge in [0.25, 0.3) is 5.91 Å². The van der Waals surface area contributed by atoms with Crippen LogP contribution in [0.1, 0.15) is 40.7 Å². The highest BCUT2D eigenvalue weighted by Gasteiger charge is 2.24. The lowest BCUT2D eigenvalue weighted by molar-refractivity contribution is -0.117. The van der Waals surface area contributed by atoms with Crippen molar-refractivity contribution in [1.29, 1.82) is 0 Å². The molecule has 0 radical (unpaired) electrons. The Labute approximate surface area is 189 Å². The molecule has 0 unspecified atom stereocenters. The van der Waals surface area contributed by atoms with Gasteiger partial charge in [-0.1, -0.05) is 29.8 Å². The molecule has 0 aliphatic carbocycles. The number of carbonyl (C=O) groups is 3. The maximum atomic E-state index is 12.8. The molecule has 32 heavy (non-hydrogen) atoms. The third kappa shape index (κ3) is 5.10. The first kappa shape index (κ1) is 21.9. The van der Waals surface area contributed by atoms with Crippen molar-refractivity contribution in [2.75, 3.05) is 37.6 Å². The van der Waals surface area contributed by atoms with Gasteiger partial charge in [0, 0.05) is 56.9 Å². The summed E-state index contributed by atoms with van der Waals surface area (Å²) in [5, 5.41) is 2.99. The molecule has 7 heteroatoms. The second-order valence-corrected chi connectivity index (χ2v) is 8.48. The van der Waals surface area contributed by atoms with Gasteiger partial charge in [0.15, 0.2) is 0 Å². The molecule has 168 valence electrons. The Morgan fingerprint density at radius 1 is 0.906 bits per heavy atom. The number of urea groups is 1. The number of benzene rings is 2. The van der Waals surface area contributed by atoms with Crippen LogP contribution in [0.5, 0.6) is 0 Å². The van der Waals surface area contributed by atoms with Gasteiger partial charge in [0.2, 0.25) is 5.91 Å². The Balaban J connectivity index is 1.31. The van der Waals surface area contributed by atoms with E-state index < -0.39 is 0 Å². The highest BCUT2D eigenvalue weighted by Crippen LogP contribution is 2.22. The fraction of sp³-hybridized carbons (Fsp3) is 0.400. The molecule has 2 heterocycles. The Morgan fingerprint density at radius 2 is 1.69 bits per heavy atom. The number of anilines is 1. The minimum Gasteiger partial charge on any atom is -0.337 e. The van der Waals surface area contributed by atoms with Gasteiger partial charge in [-0.05, 0) is 49.6 Å². The predicted molar refractivity (Wildman–Crippen MR) is 124 cm³/mol. The predicted octanol–water partition coefficient (Wildman–Crippen LogP) is 3.18. The van der Waals surface area contributed by atoms with E-state index in [1.807, 2.05) is 60.4 Å². The number of nitrogens with zero attached hydrogens (tertiary/aromatic N) is 3. The van der Waals surface area contributed by atoms with Crippen LogP contribution in [-0.2, 0) is 11.3 Å². The highest BCUT2D eigenvalue weighted by molar-refractivity contribution is 5.95. The van der Waals surface area contributed by atoms with Gasteiger partial charge in [-0.3, -0.25) is 9.59 Å². The standard InChI is InChI=1S/C25H30N4O3/c1-19-6-2-8-21(16-19)24(31)27-11-5-12-28(15-14-27)25(32)26-18-20-7-3-9-22(17-20)29-13-4-10-23(29)30/h2-3,6-9,16-17H,4-5,10-15,18H2,1H3,(H,26,32). The van der Waals surface area contributed by atoms with E-state index in [4.69, 9.17) is 0 Å². The maximum absolute atomic E-state index is 12.8. The third-order valence-electron chi connectivity index (χ3n) is 6.07. The van der Waals surface area contributed by atoms with Crippen molar-refractivity contribution < 1.29 is 14.4 Å². The summed E-state index contributed by atoms with van der Waals surface area (Å²) in [5.74, 6) is 0.171. The van der Waals surface area contributed by atoms with Crippen LogP contribution in [0.15, 0.2) is 48.5 Å². The van der Waals surface area contributed by atoms with Gasteiger partial charge in [-0.2, -0.15) is 0 Å². The molecule has 0 saturated carbocycles. The number of carbonyl (C=O) groups excluding carboxylic acids is 3. The Kier molecular flexibility index (Phi) is 6.73. The van der Waals surface area contributed by atoms with E-state index in [0.29, 0.717) is 44.7 Å². The monoisotopic (exact) mass is 434 g/mol. The van der Waals surface area contributed by atoms with Crippen LogP contribution in [-0.4, -0.2) is 60.4 Å². The van der Waals surface area contributed by atoms with Crippen LogP contribution < -0.4 is 10.2 Å². The van der Waals surface area contributed by atoms with Gasteiger partial charge in [0.1, 0.15) is 0 Å². The molecule has 0 bridgehead atoms. The van der Waals surface area contributed by atoms with Gasteiger partial charge in [0.05, 0.1) is 0 Å². The number of aryl methyl sites for hydroxylation is 1. The van der Waals surface area contributed by atoms with Crippen molar-refractivity contribution in [1.82, 2.24) is 15.1 Å². The van der Waals surface area contributed by atoms with Crippen molar-refractivity contribution in [2.24, 2.45) is 0 Å². The third-order valence-corrected chi connectivity index (χ3v) is 6.07. The van der Waals surface area contributed by atoms with Crippen LogP contribution in [0.2, 0.25) is 0 Å². The first-order valence-corrected chi connectivity index (χ1v) is 11.3. The quantitative estimate of drug-likeness (QED) is 0.803. The average Bonchev–Trinajstić information content (AvgIpc) is 3.08. The summed E-state index contributed by atoms with van der Waals surface area (Å²) in [5.41, 5.74) is 3.60. The Bertz CT molecular complexity index is 1010. The van der Waals surface area contributed by atoms with Crippen molar-refractivity contribution in [3.63, 3.8) is 0 Å². The van der Waals surface area contributed by atoms with Crippen LogP contribution in [0, 0.1) is 6.92 Å². The second kappa shape index (κ2) is 9.85. The smallest absolute Gasteiger partial charge is 0.317 e. The Hall–Kier alpha value is -3.35. The molecule has 0 spiro atoms. The van der Waals surface area contributed by atoms with E-state index in [1.165, 1.54) is 0 Å². The molecule has 4 rings (SSSR count). The first-order valence-electron chi connectivity index (χ1n) is 11.3. The summed E-state index contributed by atoms with van der Waals surface area (Å²) in [6.07, 6.45) is 2.23. The topological polar surface area (TPSA) is 73.0 Å². The van der Waals surface area contributed by atoms with E-state index in [0.717, 1.165) is 36.2 Å². The fourth-order valence-electron chi connectivity index (χ4n) is 4.33. The zero-order valence-electron chi connectivity index (χ0n) is 18.5. The lowest BCUT2D eigenvalue weighted by Gasteiger charge is -2.23. The van der Waals surface area contributed by atoms with E-state index in [1.54, 1.807) is 9.80 Å². The maximum Gasteiger partial charge on any atom is 0.317 e. The SMILES string of the molecule is Cc1cccc(C(=O)N2CCCN(C(=O)NCc3cccc(N4CCCC4=O)c3)CC2)c1. The molecule has 2 aliphatic heterocycles. The van der Waals surface area contributed by atoms with Gasteiger partial charge >= 0.3 is 6.03 Å². The summed E-state index contributed by atoms with van der Waals surface area (Å²) in [6.45, 7) is 5.41. The lowest BCUT2D eigenvalue weighted by Crippen LogP contribution is -2.42. The molecule has 1 N–H and O–H groups in total. The van der Waals surface area contributed by atoms with Crippen molar-refractivity contribution in [3.05, 3.63) is 65.2 Å². The molecule has 7 nitrogen and oxygen atoms in total. The number of hydrogen-bond donors (Lipinski definition) is 1. The molecule has 2 aromatic rings. The van der Waals surface area contributed by atoms with Crippen molar-refractivity contribution in [3.8, 4) is 0 Å². The number of nitrogens with one attached hydrogen (secondary N) is 1. The Morgan fingerprint density at radius 3 is 2.47 bits per heavy atom. The summed E-state index contributed by atoms with van der Waals surface area (Å²) >= 11 is 0. The first-order chi connectivity index (χ1) is 15.5. The molecule has 2 aliphatic rings. The zero-order chi connectivity index (χ0) is 22.5. The molecule has 2 aromatic carbocycles. The molecule has 0 atom stereocenters. The average molecular weight is 435 g/mol. The van der Waals surface area contributed by atoms with Crippen LogP contribution in [0.3, 0.4) is 0 Å². The number of rotatable bonds is 4. The van der Waals surface area contributed by atoms with Crippen LogP contribution >= 0.6 is 0 Å². The molecule has 2 saturated heterocycles. The van der Waals surface area contributed by atoms with Crippen molar-refractivity contribution in [2.45, 2.75) is 32.7 Å². The number of amides is 4. The largest absolute Gasteiger partial charge is 0.337 e. The van der Waals surface area contributed by atoms with Crippen molar-refractivity contribution >= 4 is 23.5 Å². The molecule has 2 fully saturated rings. The van der Waals surface area contributed by atoms with E-state index >= 15 is 0 Å². The molecule has 4 amide bonds. The van der Waals surface area contributed by atoms with Gasteiger partial charge in [-0.15, -0.1) is 0 Å². The minimum absolute atomic E-state index is 0.0178. The normalized spacial score (nSPS) is 16.8. The minimum atomic E-state index is -0.127.